The Morgan fingerprint density at radius 3 is 2.89 bits per heavy atom. The number of fused-ring (bicyclic) bond motifs is 1. The number of benzene rings is 2. The smallest absolute Gasteiger partial charge is 0.251 e. The van der Waals surface area contributed by atoms with Crippen LogP contribution in [0.25, 0.3) is 11.0 Å². The molecule has 2 aromatic carbocycles. The highest BCUT2D eigenvalue weighted by Crippen LogP contribution is 2.19. The van der Waals surface area contributed by atoms with Crippen molar-refractivity contribution in [3.8, 4) is 0 Å². The summed E-state index contributed by atoms with van der Waals surface area (Å²) >= 11 is 0. The number of piperidine rings is 1. The van der Waals surface area contributed by atoms with Crippen LogP contribution >= 0.6 is 0 Å². The van der Waals surface area contributed by atoms with Crippen molar-refractivity contribution in [2.75, 3.05) is 13.1 Å². The van der Waals surface area contributed by atoms with Crippen molar-refractivity contribution in [1.29, 1.82) is 0 Å². The molecule has 2 N–H and O–H groups in total. The number of para-hydroxylation sites is 2. The third kappa shape index (κ3) is 3.74. The van der Waals surface area contributed by atoms with Gasteiger partial charge in [0.1, 0.15) is 5.82 Å². The zero-order valence-electron chi connectivity index (χ0n) is 16.0. The summed E-state index contributed by atoms with van der Waals surface area (Å²) < 4.78 is 2.22. The summed E-state index contributed by atoms with van der Waals surface area (Å²) in [5, 5.41) is 6.49. The minimum Gasteiger partial charge on any atom is -0.348 e. The SMILES string of the molecule is Cc1cc(Cn2c(C)nc3ccccc32)ccc1C(=O)NC1CCCNC1. The Balaban J connectivity index is 1.52. The minimum absolute atomic E-state index is 0.0250. The van der Waals surface area contributed by atoms with Gasteiger partial charge in [0.2, 0.25) is 0 Å². The number of nitrogens with one attached hydrogen (secondary N) is 2. The van der Waals surface area contributed by atoms with Gasteiger partial charge in [0.05, 0.1) is 11.0 Å². The lowest BCUT2D eigenvalue weighted by molar-refractivity contribution is 0.0930. The van der Waals surface area contributed by atoms with E-state index < -0.39 is 0 Å². The average Bonchev–Trinajstić information content (AvgIpc) is 2.98. The van der Waals surface area contributed by atoms with Crippen molar-refractivity contribution >= 4 is 16.9 Å². The first kappa shape index (κ1) is 17.7. The number of aromatic nitrogens is 2. The number of amides is 1. The molecule has 0 aliphatic carbocycles. The number of carbonyl (C=O) groups is 1. The fourth-order valence-electron chi connectivity index (χ4n) is 3.90. The van der Waals surface area contributed by atoms with E-state index in [1.54, 1.807) is 0 Å². The first-order valence-electron chi connectivity index (χ1n) is 9.65. The summed E-state index contributed by atoms with van der Waals surface area (Å²) in [7, 11) is 0. The maximum atomic E-state index is 12.6. The Morgan fingerprint density at radius 1 is 1.26 bits per heavy atom. The molecule has 0 bridgehead atoms. The second-order valence-corrected chi connectivity index (χ2v) is 7.40. The fourth-order valence-corrected chi connectivity index (χ4v) is 3.90. The Hall–Kier alpha value is -2.66. The fraction of sp³-hybridized carbons (Fsp3) is 0.364. The van der Waals surface area contributed by atoms with E-state index in [-0.39, 0.29) is 11.9 Å². The van der Waals surface area contributed by atoms with E-state index in [1.165, 1.54) is 5.56 Å². The van der Waals surface area contributed by atoms with E-state index in [9.17, 15) is 4.79 Å². The number of aryl methyl sites for hydroxylation is 2. The molecular weight excluding hydrogens is 336 g/mol. The highest BCUT2D eigenvalue weighted by atomic mass is 16.1. The van der Waals surface area contributed by atoms with Gasteiger partial charge < -0.3 is 15.2 Å². The predicted octanol–water partition coefficient (Wildman–Crippen LogP) is 3.18. The number of nitrogens with zero attached hydrogens (tertiary/aromatic N) is 2. The summed E-state index contributed by atoms with van der Waals surface area (Å²) in [6, 6.07) is 14.5. The van der Waals surface area contributed by atoms with E-state index in [0.29, 0.717) is 0 Å². The molecule has 27 heavy (non-hydrogen) atoms. The lowest BCUT2D eigenvalue weighted by Gasteiger charge is -2.24. The topological polar surface area (TPSA) is 59.0 Å². The van der Waals surface area contributed by atoms with Crippen LogP contribution < -0.4 is 10.6 Å². The number of imidazole rings is 1. The summed E-state index contributed by atoms with van der Waals surface area (Å²) in [6.07, 6.45) is 2.16. The van der Waals surface area contributed by atoms with E-state index in [0.717, 1.165) is 60.5 Å². The quantitative estimate of drug-likeness (QED) is 0.749. The molecule has 1 amide bonds. The number of hydrogen-bond acceptors (Lipinski definition) is 3. The van der Waals surface area contributed by atoms with Gasteiger partial charge in [-0.2, -0.15) is 0 Å². The standard InChI is InChI=1S/C22H26N4O/c1-15-12-17(14-26-16(2)24-20-7-3-4-8-21(20)26)9-10-19(15)22(27)25-18-6-5-11-23-13-18/h3-4,7-10,12,18,23H,5-6,11,13-14H2,1-2H3,(H,25,27). The van der Waals surface area contributed by atoms with E-state index >= 15 is 0 Å². The van der Waals surface area contributed by atoms with E-state index in [4.69, 9.17) is 0 Å². The van der Waals surface area contributed by atoms with Crippen molar-refractivity contribution < 1.29 is 4.79 Å². The largest absolute Gasteiger partial charge is 0.348 e. The molecule has 0 saturated carbocycles. The maximum Gasteiger partial charge on any atom is 0.251 e. The molecule has 3 aromatic rings. The Morgan fingerprint density at radius 2 is 2.11 bits per heavy atom. The molecule has 5 nitrogen and oxygen atoms in total. The molecule has 1 aliphatic rings. The Kier molecular flexibility index (Phi) is 4.94. The molecule has 1 aromatic heterocycles. The van der Waals surface area contributed by atoms with Gasteiger partial charge in [-0.1, -0.05) is 24.3 Å². The molecular formula is C22H26N4O. The number of carbonyl (C=O) groups excluding carboxylic acids is 1. The molecule has 0 radical (unpaired) electrons. The summed E-state index contributed by atoms with van der Waals surface area (Å²) in [4.78, 5) is 17.3. The normalized spacial score (nSPS) is 17.2. The van der Waals surface area contributed by atoms with Crippen molar-refractivity contribution in [2.24, 2.45) is 0 Å². The van der Waals surface area contributed by atoms with Gasteiger partial charge in [0.15, 0.2) is 0 Å². The molecule has 2 heterocycles. The molecule has 0 spiro atoms. The molecule has 1 aliphatic heterocycles. The van der Waals surface area contributed by atoms with Gasteiger partial charge >= 0.3 is 0 Å². The minimum atomic E-state index is 0.0250. The third-order valence-electron chi connectivity index (χ3n) is 5.35. The lowest BCUT2D eigenvalue weighted by Crippen LogP contribution is -2.45. The van der Waals surface area contributed by atoms with Crippen molar-refractivity contribution in [2.45, 2.75) is 39.3 Å². The zero-order valence-corrected chi connectivity index (χ0v) is 16.0. The molecule has 1 saturated heterocycles. The summed E-state index contributed by atoms with van der Waals surface area (Å²) in [5.74, 6) is 1.03. The van der Waals surface area contributed by atoms with Crippen LogP contribution in [0.5, 0.6) is 0 Å². The predicted molar refractivity (Wildman–Crippen MR) is 108 cm³/mol. The van der Waals surface area contributed by atoms with Crippen LogP contribution in [0.3, 0.4) is 0 Å². The molecule has 5 heteroatoms. The van der Waals surface area contributed by atoms with E-state index in [1.807, 2.05) is 38.1 Å². The second kappa shape index (κ2) is 7.53. The van der Waals surface area contributed by atoms with E-state index in [2.05, 4.69) is 38.4 Å². The van der Waals surface area contributed by atoms with Gasteiger partial charge in [-0.25, -0.2) is 4.98 Å². The van der Waals surface area contributed by atoms with Crippen LogP contribution in [-0.2, 0) is 6.54 Å². The molecule has 1 unspecified atom stereocenters. The van der Waals surface area contributed by atoms with Crippen LogP contribution in [0.15, 0.2) is 42.5 Å². The van der Waals surface area contributed by atoms with Crippen LogP contribution in [0.2, 0.25) is 0 Å². The Bertz CT molecular complexity index is 970. The van der Waals surface area contributed by atoms with Crippen molar-refractivity contribution in [1.82, 2.24) is 20.2 Å². The van der Waals surface area contributed by atoms with Gasteiger partial charge in [-0.15, -0.1) is 0 Å². The zero-order chi connectivity index (χ0) is 18.8. The average molecular weight is 362 g/mol. The molecule has 4 rings (SSSR count). The number of hydrogen-bond donors (Lipinski definition) is 2. The van der Waals surface area contributed by atoms with Crippen LogP contribution in [0.1, 0.15) is 40.2 Å². The monoisotopic (exact) mass is 362 g/mol. The lowest BCUT2D eigenvalue weighted by atomic mass is 10.0. The van der Waals surface area contributed by atoms with Gasteiger partial charge in [0.25, 0.3) is 5.91 Å². The maximum absolute atomic E-state index is 12.6. The van der Waals surface area contributed by atoms with Gasteiger partial charge in [-0.3, -0.25) is 4.79 Å². The van der Waals surface area contributed by atoms with Crippen LogP contribution in [0, 0.1) is 13.8 Å². The first-order chi connectivity index (χ1) is 13.1. The van der Waals surface area contributed by atoms with Gasteiger partial charge in [0, 0.05) is 24.7 Å². The van der Waals surface area contributed by atoms with Crippen LogP contribution in [-0.4, -0.2) is 34.6 Å². The molecule has 1 fully saturated rings. The second-order valence-electron chi connectivity index (χ2n) is 7.40. The molecule has 140 valence electrons. The van der Waals surface area contributed by atoms with Crippen molar-refractivity contribution in [3.63, 3.8) is 0 Å². The third-order valence-corrected chi connectivity index (χ3v) is 5.35. The Labute approximate surface area is 159 Å². The van der Waals surface area contributed by atoms with Crippen LogP contribution in [0.4, 0.5) is 0 Å². The highest BCUT2D eigenvalue weighted by molar-refractivity contribution is 5.95. The molecule has 1 atom stereocenters. The first-order valence-corrected chi connectivity index (χ1v) is 9.65. The summed E-state index contributed by atoms with van der Waals surface area (Å²) in [5.41, 5.74) is 5.10. The number of rotatable bonds is 4. The highest BCUT2D eigenvalue weighted by Gasteiger charge is 2.17. The summed E-state index contributed by atoms with van der Waals surface area (Å²) in [6.45, 7) is 6.70. The van der Waals surface area contributed by atoms with Crippen molar-refractivity contribution in [3.05, 3.63) is 65.0 Å². The van der Waals surface area contributed by atoms with Gasteiger partial charge in [-0.05, 0) is 62.6 Å².